The second kappa shape index (κ2) is 5.84. The lowest BCUT2D eigenvalue weighted by Gasteiger charge is -2.39. The summed E-state index contributed by atoms with van der Waals surface area (Å²) >= 11 is 0. The molecule has 1 unspecified atom stereocenters. The van der Waals surface area contributed by atoms with Crippen LogP contribution in [0.25, 0.3) is 0 Å². The Balaban J connectivity index is 1.50. The maximum absolute atomic E-state index is 6.54. The van der Waals surface area contributed by atoms with Crippen LogP contribution < -0.4 is 5.73 Å². The lowest BCUT2D eigenvalue weighted by molar-refractivity contribution is 0.110. The third-order valence-electron chi connectivity index (χ3n) is 4.66. The van der Waals surface area contributed by atoms with Crippen molar-refractivity contribution in [1.82, 2.24) is 9.80 Å². The van der Waals surface area contributed by atoms with Gasteiger partial charge in [0.1, 0.15) is 0 Å². The number of nitrogens with zero attached hydrogens (tertiary/aromatic N) is 2. The molecule has 1 aromatic carbocycles. The molecule has 1 saturated heterocycles. The van der Waals surface area contributed by atoms with Crippen LogP contribution in [0.5, 0.6) is 0 Å². The number of nitrogens with two attached hydrogens (primary N) is 1. The Morgan fingerprint density at radius 3 is 2.25 bits per heavy atom. The van der Waals surface area contributed by atoms with Crippen LogP contribution in [-0.2, 0) is 5.54 Å². The summed E-state index contributed by atoms with van der Waals surface area (Å²) in [5, 5.41) is 0. The van der Waals surface area contributed by atoms with E-state index in [-0.39, 0.29) is 5.54 Å². The number of benzene rings is 1. The zero-order valence-electron chi connectivity index (χ0n) is 12.6. The van der Waals surface area contributed by atoms with Gasteiger partial charge in [0, 0.05) is 39.3 Å². The molecule has 3 nitrogen and oxygen atoms in total. The van der Waals surface area contributed by atoms with Gasteiger partial charge in [-0.05, 0) is 31.2 Å². The molecule has 3 rings (SSSR count). The first kappa shape index (κ1) is 14.1. The molecule has 2 fully saturated rings. The van der Waals surface area contributed by atoms with Gasteiger partial charge in [-0.15, -0.1) is 0 Å². The highest BCUT2D eigenvalue weighted by atomic mass is 15.3. The quantitative estimate of drug-likeness (QED) is 0.889. The Hall–Kier alpha value is -0.900. The van der Waals surface area contributed by atoms with Crippen molar-refractivity contribution in [2.24, 2.45) is 11.7 Å². The highest BCUT2D eigenvalue weighted by molar-refractivity contribution is 5.23. The van der Waals surface area contributed by atoms with Crippen LogP contribution in [0.1, 0.15) is 25.3 Å². The van der Waals surface area contributed by atoms with Crippen molar-refractivity contribution in [2.75, 3.05) is 39.3 Å². The standard InChI is InChI=1S/C17H27N3/c1-17(18,16-5-3-2-4-6-16)14-20-11-9-19(10-12-20)13-15-7-8-15/h2-6,15H,7-14,18H2,1H3. The highest BCUT2D eigenvalue weighted by Gasteiger charge is 2.29. The molecule has 0 amide bonds. The summed E-state index contributed by atoms with van der Waals surface area (Å²) in [6, 6.07) is 10.5. The molecule has 1 saturated carbocycles. The molecular formula is C17H27N3. The molecule has 3 heteroatoms. The predicted octanol–water partition coefficient (Wildman–Crippen LogP) is 1.89. The van der Waals surface area contributed by atoms with E-state index in [0.717, 1.165) is 25.6 Å². The number of rotatable bonds is 5. The Morgan fingerprint density at radius 2 is 1.65 bits per heavy atom. The van der Waals surface area contributed by atoms with Gasteiger partial charge in [0.2, 0.25) is 0 Å². The van der Waals surface area contributed by atoms with Crippen molar-refractivity contribution < 1.29 is 0 Å². The van der Waals surface area contributed by atoms with E-state index in [9.17, 15) is 0 Å². The summed E-state index contributed by atoms with van der Waals surface area (Å²) in [5.74, 6) is 1.01. The van der Waals surface area contributed by atoms with Crippen LogP contribution in [0.3, 0.4) is 0 Å². The minimum Gasteiger partial charge on any atom is -0.321 e. The normalized spacial score (nSPS) is 24.5. The molecule has 0 spiro atoms. The topological polar surface area (TPSA) is 32.5 Å². The van der Waals surface area contributed by atoms with Crippen molar-refractivity contribution in [3.8, 4) is 0 Å². The smallest absolute Gasteiger partial charge is 0.0509 e. The van der Waals surface area contributed by atoms with Gasteiger partial charge < -0.3 is 10.6 Å². The second-order valence-corrected chi connectivity index (χ2v) is 6.80. The average molecular weight is 273 g/mol. The molecule has 1 atom stereocenters. The maximum atomic E-state index is 6.54. The van der Waals surface area contributed by atoms with Crippen molar-refractivity contribution in [3.05, 3.63) is 35.9 Å². The Kier molecular flexibility index (Phi) is 4.11. The lowest BCUT2D eigenvalue weighted by Crippen LogP contribution is -2.53. The lowest BCUT2D eigenvalue weighted by atomic mass is 9.92. The molecular weight excluding hydrogens is 246 g/mol. The van der Waals surface area contributed by atoms with Gasteiger partial charge in [-0.3, -0.25) is 4.90 Å². The summed E-state index contributed by atoms with van der Waals surface area (Å²) in [5.41, 5.74) is 7.53. The van der Waals surface area contributed by atoms with E-state index in [1.807, 2.05) is 0 Å². The fraction of sp³-hybridized carbons (Fsp3) is 0.647. The monoisotopic (exact) mass is 273 g/mol. The minimum atomic E-state index is -0.250. The Labute approximate surface area is 122 Å². The number of piperazine rings is 1. The van der Waals surface area contributed by atoms with Gasteiger partial charge in [0.15, 0.2) is 0 Å². The second-order valence-electron chi connectivity index (χ2n) is 6.80. The van der Waals surface area contributed by atoms with Crippen molar-refractivity contribution in [1.29, 1.82) is 0 Å². The zero-order valence-corrected chi connectivity index (χ0v) is 12.6. The van der Waals surface area contributed by atoms with Crippen LogP contribution >= 0.6 is 0 Å². The zero-order chi connectivity index (χ0) is 14.0. The van der Waals surface area contributed by atoms with E-state index in [4.69, 9.17) is 5.73 Å². The summed E-state index contributed by atoms with van der Waals surface area (Å²) in [7, 11) is 0. The molecule has 1 aliphatic heterocycles. The third kappa shape index (κ3) is 3.60. The summed E-state index contributed by atoms with van der Waals surface area (Å²) in [6.45, 7) is 9.17. The van der Waals surface area contributed by atoms with E-state index < -0.39 is 0 Å². The van der Waals surface area contributed by atoms with E-state index in [2.05, 4.69) is 47.1 Å². The number of hydrogen-bond donors (Lipinski definition) is 1. The molecule has 110 valence electrons. The Bertz CT molecular complexity index is 417. The average Bonchev–Trinajstić information content (AvgIpc) is 3.26. The molecule has 0 bridgehead atoms. The van der Waals surface area contributed by atoms with Crippen LogP contribution in [0.2, 0.25) is 0 Å². The summed E-state index contributed by atoms with van der Waals surface area (Å²) in [6.07, 6.45) is 2.91. The van der Waals surface area contributed by atoms with E-state index in [0.29, 0.717) is 0 Å². The summed E-state index contributed by atoms with van der Waals surface area (Å²) < 4.78 is 0. The van der Waals surface area contributed by atoms with Crippen molar-refractivity contribution in [2.45, 2.75) is 25.3 Å². The fourth-order valence-corrected chi connectivity index (χ4v) is 3.17. The fourth-order valence-electron chi connectivity index (χ4n) is 3.17. The molecule has 0 aromatic heterocycles. The molecule has 1 heterocycles. The van der Waals surface area contributed by atoms with Gasteiger partial charge in [-0.2, -0.15) is 0 Å². The molecule has 2 N–H and O–H groups in total. The van der Waals surface area contributed by atoms with E-state index >= 15 is 0 Å². The van der Waals surface area contributed by atoms with Gasteiger partial charge in [-0.1, -0.05) is 30.3 Å². The largest absolute Gasteiger partial charge is 0.321 e. The van der Waals surface area contributed by atoms with Gasteiger partial charge >= 0.3 is 0 Å². The van der Waals surface area contributed by atoms with Gasteiger partial charge in [-0.25, -0.2) is 0 Å². The first-order chi connectivity index (χ1) is 9.63. The van der Waals surface area contributed by atoms with Crippen molar-refractivity contribution >= 4 is 0 Å². The molecule has 0 radical (unpaired) electrons. The van der Waals surface area contributed by atoms with Crippen LogP contribution in [0.15, 0.2) is 30.3 Å². The first-order valence-corrected chi connectivity index (χ1v) is 7.93. The van der Waals surface area contributed by atoms with Gasteiger partial charge in [0.05, 0.1) is 5.54 Å². The van der Waals surface area contributed by atoms with Crippen LogP contribution in [0.4, 0.5) is 0 Å². The van der Waals surface area contributed by atoms with Gasteiger partial charge in [0.25, 0.3) is 0 Å². The SMILES string of the molecule is CC(N)(CN1CCN(CC2CC2)CC1)c1ccccc1. The van der Waals surface area contributed by atoms with Crippen LogP contribution in [-0.4, -0.2) is 49.1 Å². The number of hydrogen-bond acceptors (Lipinski definition) is 3. The van der Waals surface area contributed by atoms with Crippen molar-refractivity contribution in [3.63, 3.8) is 0 Å². The predicted molar refractivity (Wildman–Crippen MR) is 83.6 cm³/mol. The maximum Gasteiger partial charge on any atom is 0.0509 e. The summed E-state index contributed by atoms with van der Waals surface area (Å²) in [4.78, 5) is 5.15. The van der Waals surface area contributed by atoms with E-state index in [1.54, 1.807) is 0 Å². The molecule has 2 aliphatic rings. The third-order valence-corrected chi connectivity index (χ3v) is 4.66. The first-order valence-electron chi connectivity index (χ1n) is 7.93. The highest BCUT2D eigenvalue weighted by Crippen LogP contribution is 2.30. The Morgan fingerprint density at radius 1 is 1.05 bits per heavy atom. The van der Waals surface area contributed by atoms with Crippen LogP contribution in [0, 0.1) is 5.92 Å². The molecule has 20 heavy (non-hydrogen) atoms. The minimum absolute atomic E-state index is 0.250. The molecule has 1 aliphatic carbocycles. The van der Waals surface area contributed by atoms with E-state index in [1.165, 1.54) is 38.0 Å². The molecule has 1 aromatic rings.